The van der Waals surface area contributed by atoms with Crippen LogP contribution in [0.1, 0.15) is 37.3 Å². The topological polar surface area (TPSA) is 35.2 Å². The van der Waals surface area contributed by atoms with Gasteiger partial charge in [-0.1, -0.05) is 30.3 Å². The van der Waals surface area contributed by atoms with Crippen molar-refractivity contribution in [1.82, 2.24) is 0 Å². The fraction of sp³-hybridized carbons (Fsp3) is 0.538. The molecule has 1 aromatic rings. The third-order valence-electron chi connectivity index (χ3n) is 3.52. The molecule has 15 heavy (non-hydrogen) atoms. The van der Waals surface area contributed by atoms with Crippen LogP contribution in [0, 0.1) is 0 Å². The normalized spacial score (nSPS) is 20.7. The summed E-state index contributed by atoms with van der Waals surface area (Å²) in [7, 11) is 1.80. The second-order valence-corrected chi connectivity index (χ2v) is 4.46. The highest BCUT2D eigenvalue weighted by Crippen LogP contribution is 2.41. The molecular formula is C13H19NO. The first-order chi connectivity index (χ1) is 7.26. The lowest BCUT2D eigenvalue weighted by atomic mass is 9.75. The van der Waals surface area contributed by atoms with E-state index < -0.39 is 0 Å². The predicted octanol–water partition coefficient (Wildman–Crippen LogP) is 2.65. The Hall–Kier alpha value is -0.860. The van der Waals surface area contributed by atoms with Gasteiger partial charge in [0.05, 0.1) is 5.60 Å². The second-order valence-electron chi connectivity index (χ2n) is 4.46. The smallest absolute Gasteiger partial charge is 0.0696 e. The molecule has 0 spiro atoms. The van der Waals surface area contributed by atoms with Gasteiger partial charge in [-0.3, -0.25) is 0 Å². The summed E-state index contributed by atoms with van der Waals surface area (Å²) in [6.07, 6.45) is 4.52. The van der Waals surface area contributed by atoms with Crippen LogP contribution in [0.3, 0.4) is 0 Å². The highest BCUT2D eigenvalue weighted by molar-refractivity contribution is 5.19. The average Bonchev–Trinajstić information content (AvgIpc) is 2.24. The van der Waals surface area contributed by atoms with Crippen LogP contribution < -0.4 is 5.73 Å². The predicted molar refractivity (Wildman–Crippen MR) is 61.6 cm³/mol. The molecule has 1 aliphatic rings. The molecule has 1 atom stereocenters. The quantitative estimate of drug-likeness (QED) is 0.820. The van der Waals surface area contributed by atoms with Gasteiger partial charge >= 0.3 is 0 Å². The van der Waals surface area contributed by atoms with Crippen LogP contribution >= 0.6 is 0 Å². The molecule has 2 rings (SSSR count). The largest absolute Gasteiger partial charge is 0.378 e. The van der Waals surface area contributed by atoms with Gasteiger partial charge in [-0.15, -0.1) is 0 Å². The number of hydrogen-bond acceptors (Lipinski definition) is 2. The monoisotopic (exact) mass is 205 g/mol. The Bertz CT molecular complexity index is 300. The fourth-order valence-electron chi connectivity index (χ4n) is 2.28. The first-order valence-electron chi connectivity index (χ1n) is 5.61. The summed E-state index contributed by atoms with van der Waals surface area (Å²) in [5, 5.41) is 0. The van der Waals surface area contributed by atoms with Gasteiger partial charge in [0.2, 0.25) is 0 Å². The van der Waals surface area contributed by atoms with Crippen LogP contribution in [0.2, 0.25) is 0 Å². The molecule has 0 aromatic heterocycles. The maximum atomic E-state index is 6.19. The van der Waals surface area contributed by atoms with E-state index in [1.54, 1.807) is 7.11 Å². The molecule has 2 N–H and O–H groups in total. The number of hydrogen-bond donors (Lipinski definition) is 1. The zero-order valence-electron chi connectivity index (χ0n) is 9.28. The molecule has 0 amide bonds. The molecule has 1 saturated carbocycles. The molecule has 0 heterocycles. The summed E-state index contributed by atoms with van der Waals surface area (Å²) in [5.74, 6) is 0. The minimum absolute atomic E-state index is 0.0647. The van der Waals surface area contributed by atoms with Gasteiger partial charge in [-0.2, -0.15) is 0 Å². The molecule has 0 saturated heterocycles. The van der Waals surface area contributed by atoms with Gasteiger partial charge in [-0.25, -0.2) is 0 Å². The molecule has 1 unspecified atom stereocenters. The van der Waals surface area contributed by atoms with Crippen molar-refractivity contribution in [3.05, 3.63) is 35.9 Å². The van der Waals surface area contributed by atoms with Gasteiger partial charge in [0.1, 0.15) is 0 Å². The Balaban J connectivity index is 2.00. The van der Waals surface area contributed by atoms with Crippen molar-refractivity contribution in [1.29, 1.82) is 0 Å². The van der Waals surface area contributed by atoms with Gasteiger partial charge in [0, 0.05) is 13.2 Å². The van der Waals surface area contributed by atoms with E-state index in [0.29, 0.717) is 0 Å². The Labute approximate surface area is 91.4 Å². The van der Waals surface area contributed by atoms with E-state index in [2.05, 4.69) is 12.1 Å². The molecule has 82 valence electrons. The fourth-order valence-corrected chi connectivity index (χ4v) is 2.28. The van der Waals surface area contributed by atoms with Crippen molar-refractivity contribution < 1.29 is 4.74 Å². The lowest BCUT2D eigenvalue weighted by Crippen LogP contribution is -2.41. The van der Waals surface area contributed by atoms with Gasteiger partial charge in [-0.05, 0) is 31.2 Å². The Morgan fingerprint density at radius 3 is 2.47 bits per heavy atom. The molecule has 2 nitrogen and oxygen atoms in total. The van der Waals surface area contributed by atoms with Crippen LogP contribution in [0.25, 0.3) is 0 Å². The number of nitrogens with two attached hydrogens (primary N) is 1. The van der Waals surface area contributed by atoms with E-state index in [0.717, 1.165) is 19.3 Å². The van der Waals surface area contributed by atoms with Crippen molar-refractivity contribution in [2.24, 2.45) is 5.73 Å². The minimum atomic E-state index is 0.0647. The second kappa shape index (κ2) is 4.33. The van der Waals surface area contributed by atoms with Crippen LogP contribution in [-0.2, 0) is 4.74 Å². The Morgan fingerprint density at radius 1 is 1.33 bits per heavy atom. The summed E-state index contributed by atoms with van der Waals surface area (Å²) in [6, 6.07) is 10.4. The summed E-state index contributed by atoms with van der Waals surface area (Å²) in [5.41, 5.74) is 7.46. The molecule has 0 aliphatic heterocycles. The van der Waals surface area contributed by atoms with Crippen LogP contribution in [0.5, 0.6) is 0 Å². The highest BCUT2D eigenvalue weighted by atomic mass is 16.5. The Morgan fingerprint density at radius 2 is 2.00 bits per heavy atom. The lowest BCUT2D eigenvalue weighted by Gasteiger charge is -2.42. The van der Waals surface area contributed by atoms with Crippen molar-refractivity contribution in [2.45, 2.75) is 37.3 Å². The van der Waals surface area contributed by atoms with Crippen LogP contribution in [0.15, 0.2) is 30.3 Å². The summed E-state index contributed by atoms with van der Waals surface area (Å²) >= 11 is 0. The van der Waals surface area contributed by atoms with Crippen LogP contribution in [-0.4, -0.2) is 12.7 Å². The molecule has 1 aliphatic carbocycles. The molecular weight excluding hydrogens is 186 g/mol. The highest BCUT2D eigenvalue weighted by Gasteiger charge is 2.38. The first-order valence-corrected chi connectivity index (χ1v) is 5.61. The van der Waals surface area contributed by atoms with E-state index in [-0.39, 0.29) is 11.6 Å². The number of benzene rings is 1. The number of ether oxygens (including phenoxy) is 1. The SMILES string of the molecule is COC1(CC(N)c2ccccc2)CCC1. The Kier molecular flexibility index (Phi) is 3.08. The molecule has 2 heteroatoms. The zero-order valence-corrected chi connectivity index (χ0v) is 9.28. The molecule has 1 aromatic carbocycles. The first kappa shape index (κ1) is 10.7. The third kappa shape index (κ3) is 2.21. The van der Waals surface area contributed by atoms with Crippen molar-refractivity contribution >= 4 is 0 Å². The molecule has 1 fully saturated rings. The summed E-state index contributed by atoms with van der Waals surface area (Å²) < 4.78 is 5.59. The van der Waals surface area contributed by atoms with E-state index in [1.165, 1.54) is 12.0 Å². The summed E-state index contributed by atoms with van der Waals surface area (Å²) in [4.78, 5) is 0. The van der Waals surface area contributed by atoms with E-state index >= 15 is 0 Å². The van der Waals surface area contributed by atoms with Gasteiger partial charge < -0.3 is 10.5 Å². The number of methoxy groups -OCH3 is 1. The maximum Gasteiger partial charge on any atom is 0.0696 e. The zero-order chi connectivity index (χ0) is 10.7. The van der Waals surface area contributed by atoms with E-state index in [9.17, 15) is 0 Å². The van der Waals surface area contributed by atoms with Crippen molar-refractivity contribution in [2.75, 3.05) is 7.11 Å². The molecule has 0 bridgehead atoms. The lowest BCUT2D eigenvalue weighted by molar-refractivity contribution is -0.0816. The van der Waals surface area contributed by atoms with Crippen LogP contribution in [0.4, 0.5) is 0 Å². The minimum Gasteiger partial charge on any atom is -0.378 e. The molecule has 0 radical (unpaired) electrons. The van der Waals surface area contributed by atoms with E-state index in [4.69, 9.17) is 10.5 Å². The standard InChI is InChI=1S/C13H19NO/c1-15-13(8-5-9-13)10-12(14)11-6-3-2-4-7-11/h2-4,6-7,12H,5,8-10,14H2,1H3. The van der Waals surface area contributed by atoms with Crippen molar-refractivity contribution in [3.63, 3.8) is 0 Å². The third-order valence-corrected chi connectivity index (χ3v) is 3.52. The average molecular weight is 205 g/mol. The van der Waals surface area contributed by atoms with Gasteiger partial charge in [0.25, 0.3) is 0 Å². The van der Waals surface area contributed by atoms with Gasteiger partial charge in [0.15, 0.2) is 0 Å². The summed E-state index contributed by atoms with van der Waals surface area (Å²) in [6.45, 7) is 0. The number of rotatable bonds is 4. The van der Waals surface area contributed by atoms with E-state index in [1.807, 2.05) is 18.2 Å². The maximum absolute atomic E-state index is 6.19. The van der Waals surface area contributed by atoms with Crippen molar-refractivity contribution in [3.8, 4) is 0 Å².